The molecule has 2 aliphatic heterocycles. The molecule has 31 heavy (non-hydrogen) atoms. The van der Waals surface area contributed by atoms with Crippen molar-refractivity contribution in [3.63, 3.8) is 0 Å². The van der Waals surface area contributed by atoms with E-state index in [4.69, 9.17) is 0 Å². The third-order valence-electron chi connectivity index (χ3n) is 6.56. The van der Waals surface area contributed by atoms with Crippen LogP contribution in [0.25, 0.3) is 0 Å². The van der Waals surface area contributed by atoms with Crippen LogP contribution in [0.1, 0.15) is 75.0 Å². The molecule has 0 radical (unpaired) electrons. The Hall–Kier alpha value is -1.45. The molecule has 0 bridgehead atoms. The predicted octanol–water partition coefficient (Wildman–Crippen LogP) is 3.29. The van der Waals surface area contributed by atoms with Gasteiger partial charge in [-0.15, -0.1) is 11.3 Å². The Morgan fingerprint density at radius 2 is 1.94 bits per heavy atom. The van der Waals surface area contributed by atoms with Crippen molar-refractivity contribution in [3.8, 4) is 0 Å². The van der Waals surface area contributed by atoms with Crippen molar-refractivity contribution in [2.24, 2.45) is 5.92 Å². The summed E-state index contributed by atoms with van der Waals surface area (Å²) < 4.78 is 24.6. The van der Waals surface area contributed by atoms with Gasteiger partial charge in [-0.3, -0.25) is 9.59 Å². The van der Waals surface area contributed by atoms with E-state index < -0.39 is 10.0 Å². The molecule has 2 atom stereocenters. The Morgan fingerprint density at radius 3 is 2.58 bits per heavy atom. The number of hydrogen-bond acceptors (Lipinski definition) is 5. The van der Waals surface area contributed by atoms with Crippen LogP contribution in [0, 0.1) is 5.92 Å². The Kier molecular flexibility index (Phi) is 8.15. The van der Waals surface area contributed by atoms with Crippen molar-refractivity contribution in [1.29, 1.82) is 0 Å². The monoisotopic (exact) mass is 471 g/mol. The van der Waals surface area contributed by atoms with Crippen molar-refractivity contribution >= 4 is 33.2 Å². The molecule has 2 unspecified atom stereocenters. The highest BCUT2D eigenvalue weighted by Gasteiger charge is 2.32. The summed E-state index contributed by atoms with van der Waals surface area (Å²) in [5.41, 5.74) is 0.797. The number of carbonyl (C=O) groups is 2. The van der Waals surface area contributed by atoms with Gasteiger partial charge >= 0.3 is 0 Å². The van der Waals surface area contributed by atoms with Gasteiger partial charge in [0.05, 0.1) is 18.4 Å². The topological polar surface area (TPSA) is 86.8 Å². The SMILES string of the molecule is CCCC1C(C)CCCN1C(=O)c1csc(C2CCN(C(=O)CNS(C)(=O)=O)CC2)c1.[HH]. The minimum Gasteiger partial charge on any atom is -0.342 e. The highest BCUT2D eigenvalue weighted by molar-refractivity contribution is 7.88. The second kappa shape index (κ2) is 10.4. The summed E-state index contributed by atoms with van der Waals surface area (Å²) in [5.74, 6) is 0.860. The first-order valence-corrected chi connectivity index (χ1v) is 14.1. The zero-order chi connectivity index (χ0) is 22.6. The van der Waals surface area contributed by atoms with Crippen molar-refractivity contribution in [2.75, 3.05) is 32.4 Å². The third-order valence-corrected chi connectivity index (χ3v) is 8.33. The second-order valence-corrected chi connectivity index (χ2v) is 11.7. The average molecular weight is 472 g/mol. The lowest BCUT2D eigenvalue weighted by molar-refractivity contribution is -0.130. The summed E-state index contributed by atoms with van der Waals surface area (Å²) in [4.78, 5) is 30.5. The van der Waals surface area contributed by atoms with Crippen molar-refractivity contribution < 1.29 is 19.4 Å². The fourth-order valence-corrected chi connectivity index (χ4v) is 6.24. The molecule has 1 aromatic rings. The number of rotatable bonds is 7. The number of sulfonamides is 1. The van der Waals surface area contributed by atoms with E-state index in [-0.39, 0.29) is 19.8 Å². The summed E-state index contributed by atoms with van der Waals surface area (Å²) in [7, 11) is -3.37. The Labute approximate surface area is 191 Å². The van der Waals surface area contributed by atoms with Crippen LogP contribution in [0.3, 0.4) is 0 Å². The standard InChI is InChI=1S/C22H35N3O4S2.H2/c1-4-6-19-16(2)7-5-10-25(19)22(27)18-13-20(30-15-18)17-8-11-24(12-9-17)21(26)14-23-31(3,28)29;/h13,15-17,19,23H,4-12,14H2,1-3H3;1H. The van der Waals surface area contributed by atoms with Crippen molar-refractivity contribution in [3.05, 3.63) is 21.9 Å². The van der Waals surface area contributed by atoms with Crippen molar-refractivity contribution in [1.82, 2.24) is 14.5 Å². The van der Waals surface area contributed by atoms with Crippen LogP contribution in [0.15, 0.2) is 11.4 Å². The lowest BCUT2D eigenvalue weighted by Crippen LogP contribution is -2.47. The molecule has 2 fully saturated rings. The number of piperidine rings is 2. The molecular weight excluding hydrogens is 434 g/mol. The molecule has 2 saturated heterocycles. The first-order chi connectivity index (χ1) is 14.7. The molecule has 1 N–H and O–H groups in total. The van der Waals surface area contributed by atoms with Gasteiger partial charge in [0.25, 0.3) is 5.91 Å². The quantitative estimate of drug-likeness (QED) is 0.661. The van der Waals surface area contributed by atoms with E-state index in [9.17, 15) is 18.0 Å². The molecule has 176 valence electrons. The highest BCUT2D eigenvalue weighted by atomic mass is 32.2. The first kappa shape index (κ1) is 24.2. The number of amides is 2. The number of nitrogens with one attached hydrogen (secondary N) is 1. The minimum absolute atomic E-state index is 0. The second-order valence-electron chi connectivity index (χ2n) is 8.96. The van der Waals surface area contributed by atoms with E-state index >= 15 is 0 Å². The number of nitrogens with zero attached hydrogens (tertiary/aromatic N) is 2. The summed E-state index contributed by atoms with van der Waals surface area (Å²) >= 11 is 1.64. The molecular formula is C22H37N3O4S2. The maximum absolute atomic E-state index is 13.2. The summed E-state index contributed by atoms with van der Waals surface area (Å²) in [6, 6.07) is 2.40. The number of thiophene rings is 1. The molecule has 2 amide bonds. The fourth-order valence-electron chi connectivity index (χ4n) is 4.80. The Balaban J connectivity index is 0.00000363. The lowest BCUT2D eigenvalue weighted by atomic mass is 9.87. The van der Waals surface area contributed by atoms with Gasteiger partial charge in [-0.25, -0.2) is 13.1 Å². The summed E-state index contributed by atoms with van der Waals surface area (Å²) in [5, 5.41) is 1.99. The zero-order valence-corrected chi connectivity index (χ0v) is 20.4. The van der Waals surface area contributed by atoms with Gasteiger partial charge in [0.2, 0.25) is 15.9 Å². The van der Waals surface area contributed by atoms with Gasteiger partial charge in [0, 0.05) is 37.4 Å². The predicted molar refractivity (Wildman–Crippen MR) is 126 cm³/mol. The van der Waals surface area contributed by atoms with Crippen LogP contribution in [0.5, 0.6) is 0 Å². The molecule has 3 heterocycles. The van der Waals surface area contributed by atoms with Crippen LogP contribution in [-0.2, 0) is 14.8 Å². The average Bonchev–Trinajstić information content (AvgIpc) is 3.23. The number of likely N-dealkylation sites (tertiary alicyclic amines) is 2. The van der Waals surface area contributed by atoms with Gasteiger partial charge < -0.3 is 9.80 Å². The van der Waals surface area contributed by atoms with Crippen LogP contribution in [0.4, 0.5) is 0 Å². The van der Waals surface area contributed by atoms with E-state index in [0.29, 0.717) is 31.0 Å². The van der Waals surface area contributed by atoms with Gasteiger partial charge in [-0.2, -0.15) is 0 Å². The molecule has 7 nitrogen and oxygen atoms in total. The first-order valence-electron chi connectivity index (χ1n) is 11.3. The smallest absolute Gasteiger partial charge is 0.254 e. The number of hydrogen-bond donors (Lipinski definition) is 1. The molecule has 0 saturated carbocycles. The van der Waals surface area contributed by atoms with Crippen LogP contribution < -0.4 is 4.72 Å². The molecule has 2 aliphatic rings. The molecule has 9 heteroatoms. The van der Waals surface area contributed by atoms with Gasteiger partial charge in [0.15, 0.2) is 0 Å². The summed E-state index contributed by atoms with van der Waals surface area (Å²) in [6.07, 6.45) is 7.13. The molecule has 1 aromatic heterocycles. The Morgan fingerprint density at radius 1 is 1.23 bits per heavy atom. The van der Waals surface area contributed by atoms with E-state index in [1.807, 2.05) is 5.38 Å². The maximum Gasteiger partial charge on any atom is 0.254 e. The molecule has 3 rings (SSSR count). The zero-order valence-electron chi connectivity index (χ0n) is 18.8. The molecule has 0 spiro atoms. The third kappa shape index (κ3) is 6.29. The van der Waals surface area contributed by atoms with Crippen LogP contribution in [0.2, 0.25) is 0 Å². The lowest BCUT2D eigenvalue weighted by Gasteiger charge is -2.40. The largest absolute Gasteiger partial charge is 0.342 e. The van der Waals surface area contributed by atoms with Crippen LogP contribution >= 0.6 is 11.3 Å². The minimum atomic E-state index is -3.37. The fraction of sp³-hybridized carbons (Fsp3) is 0.727. The maximum atomic E-state index is 13.2. The van der Waals surface area contributed by atoms with E-state index in [0.717, 1.165) is 50.5 Å². The van der Waals surface area contributed by atoms with E-state index in [2.05, 4.69) is 29.5 Å². The van der Waals surface area contributed by atoms with Crippen LogP contribution in [-0.4, -0.2) is 68.5 Å². The van der Waals surface area contributed by atoms with E-state index in [1.165, 1.54) is 11.3 Å². The molecule has 0 aromatic carbocycles. The van der Waals surface area contributed by atoms with Gasteiger partial charge in [-0.05, 0) is 50.0 Å². The van der Waals surface area contributed by atoms with E-state index in [1.54, 1.807) is 16.2 Å². The molecule has 0 aliphatic carbocycles. The van der Waals surface area contributed by atoms with Gasteiger partial charge in [0.1, 0.15) is 0 Å². The normalized spacial score (nSPS) is 23.2. The van der Waals surface area contributed by atoms with Crippen molar-refractivity contribution in [2.45, 2.75) is 64.3 Å². The highest BCUT2D eigenvalue weighted by Crippen LogP contribution is 2.34. The number of carbonyl (C=O) groups excluding carboxylic acids is 2. The van der Waals surface area contributed by atoms with Gasteiger partial charge in [-0.1, -0.05) is 20.3 Å². The Bertz CT molecular complexity index is 881. The summed E-state index contributed by atoms with van der Waals surface area (Å²) in [6.45, 7) is 6.33.